The van der Waals surface area contributed by atoms with Crippen LogP contribution in [-0.4, -0.2) is 46.2 Å². The van der Waals surface area contributed by atoms with Gasteiger partial charge in [0.2, 0.25) is 0 Å². The Morgan fingerprint density at radius 1 is 1.42 bits per heavy atom. The average molecular weight is 327 g/mol. The first-order chi connectivity index (χ1) is 11.7. The van der Waals surface area contributed by atoms with Crippen LogP contribution in [0.1, 0.15) is 36.5 Å². The Bertz CT molecular complexity index is 695. The van der Waals surface area contributed by atoms with Crippen LogP contribution in [0.15, 0.2) is 36.7 Å². The highest BCUT2D eigenvalue weighted by atomic mass is 16.5. The van der Waals surface area contributed by atoms with E-state index in [0.29, 0.717) is 12.1 Å². The molecule has 1 aliphatic rings. The predicted octanol–water partition coefficient (Wildman–Crippen LogP) is 3.12. The number of ether oxygens (including phenoxy) is 1. The zero-order chi connectivity index (χ0) is 16.9. The first-order valence-electron chi connectivity index (χ1n) is 8.67. The van der Waals surface area contributed by atoms with Gasteiger partial charge in [-0.3, -0.25) is 4.79 Å². The van der Waals surface area contributed by atoms with Crippen LogP contribution in [0.2, 0.25) is 0 Å². The molecule has 1 atom stereocenters. The van der Waals surface area contributed by atoms with Crippen molar-refractivity contribution in [2.45, 2.75) is 32.3 Å². The minimum absolute atomic E-state index is 0.0795. The molecule has 0 unspecified atom stereocenters. The van der Waals surface area contributed by atoms with Crippen molar-refractivity contribution in [3.8, 4) is 11.4 Å². The Morgan fingerprint density at radius 2 is 2.29 bits per heavy atom. The van der Waals surface area contributed by atoms with Gasteiger partial charge < -0.3 is 14.2 Å². The minimum atomic E-state index is 0.0795. The van der Waals surface area contributed by atoms with Gasteiger partial charge in [0.1, 0.15) is 5.82 Å². The fraction of sp³-hybridized carbons (Fsp3) is 0.474. The van der Waals surface area contributed by atoms with Crippen molar-refractivity contribution in [3.63, 3.8) is 0 Å². The molecule has 1 aromatic heterocycles. The number of hydrogen-bond acceptors (Lipinski definition) is 3. The molecule has 0 aliphatic carbocycles. The molecule has 24 heavy (non-hydrogen) atoms. The van der Waals surface area contributed by atoms with Crippen molar-refractivity contribution >= 4 is 5.91 Å². The van der Waals surface area contributed by atoms with E-state index in [1.807, 2.05) is 47.0 Å². The van der Waals surface area contributed by atoms with Gasteiger partial charge in [-0.1, -0.05) is 19.1 Å². The summed E-state index contributed by atoms with van der Waals surface area (Å²) in [7, 11) is 1.96. The van der Waals surface area contributed by atoms with Gasteiger partial charge in [0.05, 0.1) is 6.10 Å². The minimum Gasteiger partial charge on any atom is -0.376 e. The molecule has 2 heterocycles. The molecule has 0 radical (unpaired) electrons. The van der Waals surface area contributed by atoms with Gasteiger partial charge in [-0.2, -0.15) is 0 Å². The smallest absolute Gasteiger partial charge is 0.253 e. The van der Waals surface area contributed by atoms with E-state index in [1.165, 1.54) is 0 Å². The summed E-state index contributed by atoms with van der Waals surface area (Å²) >= 11 is 0. The Labute approximate surface area is 143 Å². The monoisotopic (exact) mass is 327 g/mol. The molecule has 1 amide bonds. The number of piperidine rings is 1. The maximum atomic E-state index is 12.9. The van der Waals surface area contributed by atoms with Crippen LogP contribution in [-0.2, 0) is 11.8 Å². The lowest BCUT2D eigenvalue weighted by Gasteiger charge is -2.32. The van der Waals surface area contributed by atoms with Gasteiger partial charge in [0.15, 0.2) is 0 Å². The molecule has 5 heteroatoms. The van der Waals surface area contributed by atoms with Gasteiger partial charge in [0, 0.05) is 50.3 Å². The summed E-state index contributed by atoms with van der Waals surface area (Å²) < 4.78 is 7.80. The third kappa shape index (κ3) is 3.67. The summed E-state index contributed by atoms with van der Waals surface area (Å²) in [5.41, 5.74) is 1.68. The molecule has 3 rings (SSSR count). The fourth-order valence-corrected chi connectivity index (χ4v) is 3.16. The molecule has 1 aromatic carbocycles. The number of carbonyl (C=O) groups is 1. The molecular weight excluding hydrogens is 302 g/mol. The highest BCUT2D eigenvalue weighted by Crippen LogP contribution is 2.21. The normalized spacial score (nSPS) is 17.9. The van der Waals surface area contributed by atoms with Gasteiger partial charge in [-0.05, 0) is 31.4 Å². The van der Waals surface area contributed by atoms with Crippen molar-refractivity contribution < 1.29 is 9.53 Å². The Morgan fingerprint density at radius 3 is 3.04 bits per heavy atom. The van der Waals surface area contributed by atoms with Crippen LogP contribution >= 0.6 is 0 Å². The molecule has 5 nitrogen and oxygen atoms in total. The number of rotatable bonds is 5. The van der Waals surface area contributed by atoms with E-state index in [9.17, 15) is 4.79 Å². The van der Waals surface area contributed by atoms with Gasteiger partial charge in [-0.25, -0.2) is 4.98 Å². The van der Waals surface area contributed by atoms with E-state index in [4.69, 9.17) is 4.74 Å². The number of carbonyl (C=O) groups excluding carboxylic acids is 1. The van der Waals surface area contributed by atoms with Crippen LogP contribution < -0.4 is 0 Å². The molecule has 0 saturated carbocycles. The van der Waals surface area contributed by atoms with Gasteiger partial charge in [-0.15, -0.1) is 0 Å². The maximum Gasteiger partial charge on any atom is 0.253 e. The molecule has 2 aromatic rings. The number of benzene rings is 1. The lowest BCUT2D eigenvalue weighted by molar-refractivity contribution is 0.00211. The molecule has 1 fully saturated rings. The van der Waals surface area contributed by atoms with Crippen molar-refractivity contribution in [2.24, 2.45) is 7.05 Å². The number of aryl methyl sites for hydroxylation is 1. The average Bonchev–Trinajstić information content (AvgIpc) is 3.05. The highest BCUT2D eigenvalue weighted by Gasteiger charge is 2.25. The van der Waals surface area contributed by atoms with Crippen molar-refractivity contribution in [2.75, 3.05) is 19.7 Å². The molecular formula is C19H25N3O2. The summed E-state index contributed by atoms with van der Waals surface area (Å²) in [5.74, 6) is 0.948. The highest BCUT2D eigenvalue weighted by molar-refractivity contribution is 5.95. The van der Waals surface area contributed by atoms with E-state index in [-0.39, 0.29) is 12.0 Å². The largest absolute Gasteiger partial charge is 0.376 e. The fourth-order valence-electron chi connectivity index (χ4n) is 3.16. The second-order valence-electron chi connectivity index (χ2n) is 6.33. The van der Waals surface area contributed by atoms with Gasteiger partial charge >= 0.3 is 0 Å². The van der Waals surface area contributed by atoms with E-state index in [1.54, 1.807) is 6.20 Å². The van der Waals surface area contributed by atoms with E-state index >= 15 is 0 Å². The van der Waals surface area contributed by atoms with Gasteiger partial charge in [0.25, 0.3) is 5.91 Å². The molecule has 0 N–H and O–H groups in total. The van der Waals surface area contributed by atoms with Crippen LogP contribution in [0.3, 0.4) is 0 Å². The SMILES string of the molecule is CCCO[C@H]1CCCN(C(=O)c2cccc(-c3nccn3C)c2)C1. The number of amides is 1. The van der Waals surface area contributed by atoms with E-state index in [0.717, 1.165) is 43.8 Å². The first kappa shape index (κ1) is 16.7. The standard InChI is InChI=1S/C19H25N3O2/c1-3-12-24-17-8-5-10-22(14-17)19(23)16-7-4-6-15(13-16)18-20-9-11-21(18)2/h4,6-7,9,11,13,17H,3,5,8,10,12,14H2,1-2H3/t17-/m0/s1. The Balaban J connectivity index is 1.74. The second kappa shape index (κ2) is 7.62. The topological polar surface area (TPSA) is 47.4 Å². The van der Waals surface area contributed by atoms with E-state index < -0.39 is 0 Å². The maximum absolute atomic E-state index is 12.9. The molecule has 0 bridgehead atoms. The lowest BCUT2D eigenvalue weighted by Crippen LogP contribution is -2.43. The quantitative estimate of drug-likeness (QED) is 0.848. The molecule has 0 spiro atoms. The summed E-state index contributed by atoms with van der Waals surface area (Å²) in [6.45, 7) is 4.36. The van der Waals surface area contributed by atoms with Crippen LogP contribution in [0, 0.1) is 0 Å². The molecule has 1 saturated heterocycles. The molecule has 128 valence electrons. The van der Waals surface area contributed by atoms with Crippen LogP contribution in [0.5, 0.6) is 0 Å². The lowest BCUT2D eigenvalue weighted by atomic mass is 10.0. The summed E-state index contributed by atoms with van der Waals surface area (Å²) in [4.78, 5) is 19.1. The first-order valence-corrected chi connectivity index (χ1v) is 8.67. The summed E-state index contributed by atoms with van der Waals surface area (Å²) in [5, 5.41) is 0. The number of nitrogens with zero attached hydrogens (tertiary/aromatic N) is 3. The van der Waals surface area contributed by atoms with Crippen molar-refractivity contribution in [3.05, 3.63) is 42.2 Å². The number of likely N-dealkylation sites (tertiary alicyclic amines) is 1. The Kier molecular flexibility index (Phi) is 5.30. The summed E-state index contributed by atoms with van der Waals surface area (Å²) in [6.07, 6.45) is 6.89. The van der Waals surface area contributed by atoms with Crippen LogP contribution in [0.4, 0.5) is 0 Å². The predicted molar refractivity (Wildman–Crippen MR) is 93.8 cm³/mol. The molecule has 1 aliphatic heterocycles. The zero-order valence-corrected chi connectivity index (χ0v) is 14.4. The summed E-state index contributed by atoms with van der Waals surface area (Å²) in [6, 6.07) is 7.72. The van der Waals surface area contributed by atoms with Crippen LogP contribution in [0.25, 0.3) is 11.4 Å². The number of hydrogen-bond donors (Lipinski definition) is 0. The number of imidazole rings is 1. The number of aromatic nitrogens is 2. The van der Waals surface area contributed by atoms with Crippen molar-refractivity contribution in [1.29, 1.82) is 0 Å². The Hall–Kier alpha value is -2.14. The van der Waals surface area contributed by atoms with Crippen molar-refractivity contribution in [1.82, 2.24) is 14.5 Å². The third-order valence-electron chi connectivity index (χ3n) is 4.41. The zero-order valence-electron chi connectivity index (χ0n) is 14.4. The van der Waals surface area contributed by atoms with E-state index in [2.05, 4.69) is 11.9 Å². The second-order valence-corrected chi connectivity index (χ2v) is 6.33. The third-order valence-corrected chi connectivity index (χ3v) is 4.41.